The lowest BCUT2D eigenvalue weighted by molar-refractivity contribution is 0.217. The van der Waals surface area contributed by atoms with Gasteiger partial charge in [-0.3, -0.25) is 0 Å². The van der Waals surface area contributed by atoms with Gasteiger partial charge in [-0.05, 0) is 20.0 Å². The van der Waals surface area contributed by atoms with Gasteiger partial charge in [0, 0.05) is 19.7 Å². The highest BCUT2D eigenvalue weighted by Gasteiger charge is 2.03. The van der Waals surface area contributed by atoms with E-state index in [1.165, 1.54) is 0 Å². The third kappa shape index (κ3) is 4.56. The summed E-state index contributed by atoms with van der Waals surface area (Å²) in [6, 6.07) is 1.81. The van der Waals surface area contributed by atoms with Crippen LogP contribution in [-0.2, 0) is 0 Å². The average Bonchev–Trinajstić information content (AvgIpc) is 2.34. The molecule has 0 radical (unpaired) electrons. The van der Waals surface area contributed by atoms with E-state index in [1.807, 2.05) is 20.0 Å². The number of likely N-dealkylation sites (N-methyl/N-ethyl adjacent to an activating group) is 1. The molecule has 1 N–H and O–H groups in total. The molecule has 5 nitrogen and oxygen atoms in total. The quantitative estimate of drug-likeness (QED) is 0.781. The van der Waals surface area contributed by atoms with Crippen LogP contribution < -0.4 is 10.1 Å². The van der Waals surface area contributed by atoms with Crippen LogP contribution >= 0.6 is 0 Å². The zero-order valence-corrected chi connectivity index (χ0v) is 11.2. The summed E-state index contributed by atoms with van der Waals surface area (Å²) in [5.74, 6) is 2.14. The van der Waals surface area contributed by atoms with Crippen molar-refractivity contribution in [2.75, 3.05) is 38.6 Å². The summed E-state index contributed by atoms with van der Waals surface area (Å²) in [5, 5.41) is 2.99. The largest absolute Gasteiger partial charge is 0.476 e. The molecule has 0 fully saturated rings. The van der Waals surface area contributed by atoms with Gasteiger partial charge in [0.25, 0.3) is 0 Å². The van der Waals surface area contributed by atoms with Crippen LogP contribution in [0.25, 0.3) is 0 Å². The number of rotatable bonds is 7. The highest BCUT2D eigenvalue weighted by atomic mass is 16.5. The van der Waals surface area contributed by atoms with Crippen molar-refractivity contribution in [3.8, 4) is 5.88 Å². The van der Waals surface area contributed by atoms with Crippen LogP contribution in [0, 0.1) is 6.92 Å². The number of anilines is 1. The average molecular weight is 238 g/mol. The Morgan fingerprint density at radius 2 is 2.00 bits per heavy atom. The molecule has 0 aliphatic carbocycles. The Bertz CT molecular complexity index is 339. The second-order valence-electron chi connectivity index (χ2n) is 3.76. The van der Waals surface area contributed by atoms with E-state index in [2.05, 4.69) is 34.0 Å². The fourth-order valence-corrected chi connectivity index (χ4v) is 1.56. The Morgan fingerprint density at radius 3 is 2.59 bits per heavy atom. The molecule has 0 saturated carbocycles. The fraction of sp³-hybridized carbons (Fsp3) is 0.667. The molecular weight excluding hydrogens is 216 g/mol. The SMILES string of the molecule is CCN(CC)CCOc1cc(NC)nc(C)n1. The first kappa shape index (κ1) is 13.7. The van der Waals surface area contributed by atoms with Crippen molar-refractivity contribution < 1.29 is 4.74 Å². The molecule has 0 aliphatic heterocycles. The lowest BCUT2D eigenvalue weighted by Gasteiger charge is -2.17. The molecule has 96 valence electrons. The molecule has 0 saturated heterocycles. The molecule has 0 unspecified atom stereocenters. The summed E-state index contributed by atoms with van der Waals surface area (Å²) >= 11 is 0. The maximum absolute atomic E-state index is 5.63. The van der Waals surface area contributed by atoms with E-state index in [0.717, 1.165) is 31.3 Å². The third-order valence-corrected chi connectivity index (χ3v) is 2.62. The third-order valence-electron chi connectivity index (χ3n) is 2.62. The van der Waals surface area contributed by atoms with Crippen molar-refractivity contribution in [2.24, 2.45) is 0 Å². The van der Waals surface area contributed by atoms with Crippen molar-refractivity contribution >= 4 is 5.82 Å². The van der Waals surface area contributed by atoms with Crippen LogP contribution in [0.15, 0.2) is 6.07 Å². The Hall–Kier alpha value is -1.36. The number of nitrogens with zero attached hydrogens (tertiary/aromatic N) is 3. The van der Waals surface area contributed by atoms with E-state index in [4.69, 9.17) is 4.74 Å². The summed E-state index contributed by atoms with van der Waals surface area (Å²) in [7, 11) is 1.83. The molecule has 1 aromatic rings. The summed E-state index contributed by atoms with van der Waals surface area (Å²) in [5.41, 5.74) is 0. The van der Waals surface area contributed by atoms with Crippen molar-refractivity contribution in [1.29, 1.82) is 0 Å². The van der Waals surface area contributed by atoms with E-state index in [0.29, 0.717) is 12.5 Å². The van der Waals surface area contributed by atoms with E-state index < -0.39 is 0 Å². The molecule has 0 bridgehead atoms. The Labute approximate surface area is 103 Å². The minimum absolute atomic E-state index is 0.633. The van der Waals surface area contributed by atoms with Crippen molar-refractivity contribution in [2.45, 2.75) is 20.8 Å². The van der Waals surface area contributed by atoms with Crippen LogP contribution in [0.4, 0.5) is 5.82 Å². The maximum atomic E-state index is 5.63. The first-order chi connectivity index (χ1) is 8.19. The van der Waals surface area contributed by atoms with Crippen LogP contribution in [0.5, 0.6) is 5.88 Å². The molecule has 5 heteroatoms. The van der Waals surface area contributed by atoms with Gasteiger partial charge in [-0.25, -0.2) is 4.98 Å². The van der Waals surface area contributed by atoms with Gasteiger partial charge < -0.3 is 15.0 Å². The summed E-state index contributed by atoms with van der Waals surface area (Å²) in [6.45, 7) is 9.83. The van der Waals surface area contributed by atoms with E-state index >= 15 is 0 Å². The van der Waals surface area contributed by atoms with E-state index in [1.54, 1.807) is 0 Å². The summed E-state index contributed by atoms with van der Waals surface area (Å²) < 4.78 is 5.63. The first-order valence-electron chi connectivity index (χ1n) is 6.08. The van der Waals surface area contributed by atoms with Crippen molar-refractivity contribution in [1.82, 2.24) is 14.9 Å². The first-order valence-corrected chi connectivity index (χ1v) is 6.08. The number of aryl methyl sites for hydroxylation is 1. The highest BCUT2D eigenvalue weighted by Crippen LogP contribution is 2.12. The monoisotopic (exact) mass is 238 g/mol. The van der Waals surface area contributed by atoms with Gasteiger partial charge in [-0.2, -0.15) is 4.98 Å². The van der Waals surface area contributed by atoms with E-state index in [-0.39, 0.29) is 0 Å². The fourth-order valence-electron chi connectivity index (χ4n) is 1.56. The summed E-state index contributed by atoms with van der Waals surface area (Å²) in [4.78, 5) is 10.8. The van der Waals surface area contributed by atoms with Gasteiger partial charge >= 0.3 is 0 Å². The zero-order valence-electron chi connectivity index (χ0n) is 11.2. The van der Waals surface area contributed by atoms with Gasteiger partial charge in [0.1, 0.15) is 18.2 Å². The number of hydrogen-bond acceptors (Lipinski definition) is 5. The normalized spacial score (nSPS) is 10.6. The molecule has 17 heavy (non-hydrogen) atoms. The van der Waals surface area contributed by atoms with Gasteiger partial charge in [0.15, 0.2) is 0 Å². The minimum atomic E-state index is 0.633. The number of ether oxygens (including phenoxy) is 1. The molecule has 0 aliphatic rings. The maximum Gasteiger partial charge on any atom is 0.218 e. The van der Waals surface area contributed by atoms with Crippen molar-refractivity contribution in [3.63, 3.8) is 0 Å². The van der Waals surface area contributed by atoms with Gasteiger partial charge in [-0.15, -0.1) is 0 Å². The van der Waals surface area contributed by atoms with E-state index in [9.17, 15) is 0 Å². The standard InChI is InChI=1S/C12H22N4O/c1-5-16(6-2)7-8-17-12-9-11(13-4)14-10(3)15-12/h9H,5-8H2,1-4H3,(H,13,14,15). The lowest BCUT2D eigenvalue weighted by Crippen LogP contribution is -2.28. The topological polar surface area (TPSA) is 50.3 Å². The smallest absolute Gasteiger partial charge is 0.218 e. The van der Waals surface area contributed by atoms with Gasteiger partial charge in [0.2, 0.25) is 5.88 Å². The number of hydrogen-bond donors (Lipinski definition) is 1. The lowest BCUT2D eigenvalue weighted by atomic mass is 10.5. The molecule has 0 aromatic carbocycles. The predicted molar refractivity (Wildman–Crippen MR) is 69.6 cm³/mol. The van der Waals surface area contributed by atoms with Crippen LogP contribution in [-0.4, -0.2) is 48.2 Å². The Morgan fingerprint density at radius 1 is 1.29 bits per heavy atom. The van der Waals surface area contributed by atoms with Gasteiger partial charge in [0.05, 0.1) is 0 Å². The van der Waals surface area contributed by atoms with Gasteiger partial charge in [-0.1, -0.05) is 13.8 Å². The minimum Gasteiger partial charge on any atom is -0.476 e. The van der Waals surface area contributed by atoms with Crippen molar-refractivity contribution in [3.05, 3.63) is 11.9 Å². The molecular formula is C12H22N4O. The predicted octanol–water partition coefficient (Wildman–Crippen LogP) is 1.55. The molecule has 0 spiro atoms. The molecule has 1 aromatic heterocycles. The summed E-state index contributed by atoms with van der Waals surface area (Å²) in [6.07, 6.45) is 0. The Balaban J connectivity index is 2.48. The molecule has 1 rings (SSSR count). The number of nitrogens with one attached hydrogen (secondary N) is 1. The molecule has 1 heterocycles. The zero-order chi connectivity index (χ0) is 12.7. The Kier molecular flexibility index (Phi) is 5.69. The van der Waals surface area contributed by atoms with Crippen LogP contribution in [0.2, 0.25) is 0 Å². The second kappa shape index (κ2) is 7.06. The van der Waals surface area contributed by atoms with Crippen LogP contribution in [0.1, 0.15) is 19.7 Å². The highest BCUT2D eigenvalue weighted by molar-refractivity contribution is 5.37. The van der Waals surface area contributed by atoms with Crippen LogP contribution in [0.3, 0.4) is 0 Å². The molecule has 0 amide bonds. The number of aromatic nitrogens is 2. The molecule has 0 atom stereocenters. The second-order valence-corrected chi connectivity index (χ2v) is 3.76.